The van der Waals surface area contributed by atoms with Crippen molar-refractivity contribution in [2.45, 2.75) is 49.0 Å². The molecule has 0 spiro atoms. The number of unbranched alkanes of at least 4 members (excludes halogenated alkanes) is 3. The van der Waals surface area contributed by atoms with Crippen molar-refractivity contribution in [1.29, 1.82) is 0 Å². The molecule has 1 aromatic rings. The molecule has 1 aromatic carbocycles. The van der Waals surface area contributed by atoms with Gasteiger partial charge in [-0.25, -0.2) is 0 Å². The van der Waals surface area contributed by atoms with Crippen LogP contribution < -0.4 is 10.1 Å². The third kappa shape index (κ3) is 7.79. The van der Waals surface area contributed by atoms with Gasteiger partial charge in [0, 0.05) is 6.42 Å². The molecule has 0 radical (unpaired) electrons. The standard InChI is InChI=1S/C15H20Cl3NO2/c1-2-3-4-8-11-13(20)19-14(15(16,17)18)21-12-9-6-5-7-10-12/h5-7,9-10,14H,2-4,8,11H2,1H3,(H,19,20)/t14-/m1/s1. The summed E-state index contributed by atoms with van der Waals surface area (Å²) >= 11 is 17.6. The molecule has 0 aliphatic heterocycles. The second-order valence-electron chi connectivity index (χ2n) is 4.73. The Balaban J connectivity index is 2.53. The third-order valence-electron chi connectivity index (χ3n) is 2.84. The van der Waals surface area contributed by atoms with E-state index in [2.05, 4.69) is 12.2 Å². The van der Waals surface area contributed by atoms with Gasteiger partial charge in [0.2, 0.25) is 15.9 Å². The number of halogens is 3. The Morgan fingerprint density at radius 3 is 2.43 bits per heavy atom. The van der Waals surface area contributed by atoms with E-state index in [0.29, 0.717) is 12.2 Å². The molecule has 0 aromatic heterocycles. The minimum Gasteiger partial charge on any atom is -0.466 e. The van der Waals surface area contributed by atoms with Crippen LogP contribution in [-0.4, -0.2) is 15.9 Å². The molecule has 118 valence electrons. The number of hydrogen-bond acceptors (Lipinski definition) is 2. The zero-order valence-electron chi connectivity index (χ0n) is 12.0. The zero-order valence-corrected chi connectivity index (χ0v) is 14.2. The molecule has 0 bridgehead atoms. The van der Waals surface area contributed by atoms with Crippen LogP contribution in [0, 0.1) is 0 Å². The van der Waals surface area contributed by atoms with Gasteiger partial charge in [-0.15, -0.1) is 0 Å². The summed E-state index contributed by atoms with van der Waals surface area (Å²) in [6.07, 6.45) is 3.44. The average molecular weight is 353 g/mol. The minimum atomic E-state index is -1.74. The number of benzene rings is 1. The molecule has 21 heavy (non-hydrogen) atoms. The Morgan fingerprint density at radius 1 is 1.19 bits per heavy atom. The number of carbonyl (C=O) groups is 1. The van der Waals surface area contributed by atoms with E-state index in [1.807, 2.05) is 6.07 Å². The van der Waals surface area contributed by atoms with Crippen LogP contribution in [0.5, 0.6) is 5.75 Å². The Morgan fingerprint density at radius 2 is 1.86 bits per heavy atom. The molecular formula is C15H20Cl3NO2. The van der Waals surface area contributed by atoms with E-state index in [0.717, 1.165) is 25.7 Å². The number of rotatable bonds is 8. The van der Waals surface area contributed by atoms with Crippen molar-refractivity contribution in [1.82, 2.24) is 5.32 Å². The Bertz CT molecular complexity index is 421. The molecule has 1 amide bonds. The highest BCUT2D eigenvalue weighted by Gasteiger charge is 2.36. The maximum atomic E-state index is 11.9. The van der Waals surface area contributed by atoms with E-state index in [1.54, 1.807) is 24.3 Å². The maximum Gasteiger partial charge on any atom is 0.246 e. The molecule has 0 saturated heterocycles. The Hall–Kier alpha value is -0.640. The van der Waals surface area contributed by atoms with Crippen LogP contribution in [-0.2, 0) is 4.79 Å². The summed E-state index contributed by atoms with van der Waals surface area (Å²) in [4.78, 5) is 11.9. The summed E-state index contributed by atoms with van der Waals surface area (Å²) in [5.74, 6) is 0.346. The van der Waals surface area contributed by atoms with Crippen molar-refractivity contribution in [3.05, 3.63) is 30.3 Å². The van der Waals surface area contributed by atoms with Gasteiger partial charge in [-0.1, -0.05) is 79.2 Å². The van der Waals surface area contributed by atoms with Gasteiger partial charge in [-0.05, 0) is 18.6 Å². The van der Waals surface area contributed by atoms with E-state index in [9.17, 15) is 4.79 Å². The highest BCUT2D eigenvalue weighted by Crippen LogP contribution is 2.32. The predicted molar refractivity (Wildman–Crippen MR) is 88.0 cm³/mol. The molecular weight excluding hydrogens is 333 g/mol. The summed E-state index contributed by atoms with van der Waals surface area (Å²) in [5, 5.41) is 2.63. The fraction of sp³-hybridized carbons (Fsp3) is 0.533. The first-order valence-electron chi connectivity index (χ1n) is 7.01. The normalized spacial score (nSPS) is 12.8. The zero-order chi connectivity index (χ0) is 15.7. The van der Waals surface area contributed by atoms with Crippen LogP contribution in [0.3, 0.4) is 0 Å². The van der Waals surface area contributed by atoms with Gasteiger partial charge in [0.15, 0.2) is 0 Å². The molecule has 0 saturated carbocycles. The molecule has 0 heterocycles. The van der Waals surface area contributed by atoms with Gasteiger partial charge in [0.1, 0.15) is 5.75 Å². The first-order chi connectivity index (χ1) is 9.93. The summed E-state index contributed by atoms with van der Waals surface area (Å²) < 4.78 is 3.81. The lowest BCUT2D eigenvalue weighted by atomic mass is 10.1. The van der Waals surface area contributed by atoms with Crippen LogP contribution in [0.25, 0.3) is 0 Å². The average Bonchev–Trinajstić information content (AvgIpc) is 2.43. The highest BCUT2D eigenvalue weighted by molar-refractivity contribution is 6.68. The predicted octanol–water partition coefficient (Wildman–Crippen LogP) is 4.85. The van der Waals surface area contributed by atoms with E-state index in [-0.39, 0.29) is 5.91 Å². The fourth-order valence-corrected chi connectivity index (χ4v) is 2.04. The van der Waals surface area contributed by atoms with Gasteiger partial charge in [0.25, 0.3) is 0 Å². The largest absolute Gasteiger partial charge is 0.466 e. The number of hydrogen-bond donors (Lipinski definition) is 1. The monoisotopic (exact) mass is 351 g/mol. The Kier molecular flexibility index (Phi) is 8.23. The molecule has 0 aliphatic rings. The first-order valence-corrected chi connectivity index (χ1v) is 8.14. The van der Waals surface area contributed by atoms with Crippen molar-refractivity contribution in [2.75, 3.05) is 0 Å². The number of carbonyl (C=O) groups excluding carboxylic acids is 1. The van der Waals surface area contributed by atoms with Crippen LogP contribution in [0.2, 0.25) is 0 Å². The van der Waals surface area contributed by atoms with Gasteiger partial charge < -0.3 is 10.1 Å². The van der Waals surface area contributed by atoms with E-state index in [4.69, 9.17) is 39.5 Å². The summed E-state index contributed by atoms with van der Waals surface area (Å²) in [7, 11) is 0. The smallest absolute Gasteiger partial charge is 0.246 e. The summed E-state index contributed by atoms with van der Waals surface area (Å²) in [6, 6.07) is 8.92. The number of amides is 1. The number of alkyl halides is 3. The van der Waals surface area contributed by atoms with Gasteiger partial charge >= 0.3 is 0 Å². The molecule has 0 fully saturated rings. The highest BCUT2D eigenvalue weighted by atomic mass is 35.6. The number of para-hydroxylation sites is 1. The molecule has 1 rings (SSSR count). The second-order valence-corrected chi connectivity index (χ2v) is 7.10. The maximum absolute atomic E-state index is 11.9. The van der Waals surface area contributed by atoms with Crippen LogP contribution >= 0.6 is 34.8 Å². The van der Waals surface area contributed by atoms with Crippen molar-refractivity contribution < 1.29 is 9.53 Å². The quantitative estimate of drug-likeness (QED) is 0.412. The first kappa shape index (κ1) is 18.4. The van der Waals surface area contributed by atoms with E-state index in [1.165, 1.54) is 0 Å². The topological polar surface area (TPSA) is 38.3 Å². The van der Waals surface area contributed by atoms with Crippen molar-refractivity contribution in [3.8, 4) is 5.75 Å². The lowest BCUT2D eigenvalue weighted by molar-refractivity contribution is -0.123. The molecule has 1 atom stereocenters. The SMILES string of the molecule is CCCCCCC(=O)N[C@H](Oc1ccccc1)C(Cl)(Cl)Cl. The van der Waals surface area contributed by atoms with Crippen LogP contribution in [0.1, 0.15) is 39.0 Å². The van der Waals surface area contributed by atoms with E-state index >= 15 is 0 Å². The van der Waals surface area contributed by atoms with Gasteiger partial charge in [0.05, 0.1) is 0 Å². The van der Waals surface area contributed by atoms with Gasteiger partial charge in [-0.3, -0.25) is 4.79 Å². The molecule has 3 nitrogen and oxygen atoms in total. The van der Waals surface area contributed by atoms with Crippen molar-refractivity contribution in [2.24, 2.45) is 0 Å². The summed E-state index contributed by atoms with van der Waals surface area (Å²) in [5.41, 5.74) is 0. The third-order valence-corrected chi connectivity index (χ3v) is 3.44. The lowest BCUT2D eigenvalue weighted by Gasteiger charge is -2.26. The van der Waals surface area contributed by atoms with Crippen LogP contribution in [0.15, 0.2) is 30.3 Å². The Labute approximate surface area is 140 Å². The molecule has 6 heteroatoms. The van der Waals surface area contributed by atoms with Crippen molar-refractivity contribution >= 4 is 40.7 Å². The number of ether oxygens (including phenoxy) is 1. The van der Waals surface area contributed by atoms with Crippen LogP contribution in [0.4, 0.5) is 0 Å². The van der Waals surface area contributed by atoms with Gasteiger partial charge in [-0.2, -0.15) is 0 Å². The summed E-state index contributed by atoms with van der Waals surface area (Å²) in [6.45, 7) is 2.12. The van der Waals surface area contributed by atoms with Crippen molar-refractivity contribution in [3.63, 3.8) is 0 Å². The second kappa shape index (κ2) is 9.39. The molecule has 0 unspecified atom stereocenters. The number of nitrogens with one attached hydrogen (secondary N) is 1. The molecule has 0 aliphatic carbocycles. The lowest BCUT2D eigenvalue weighted by Crippen LogP contribution is -2.47. The molecule has 1 N–H and O–H groups in total. The fourth-order valence-electron chi connectivity index (χ4n) is 1.74. The minimum absolute atomic E-state index is 0.182. The van der Waals surface area contributed by atoms with E-state index < -0.39 is 10.0 Å².